The number of rotatable bonds is 5. The first kappa shape index (κ1) is 14.4. The Hall–Kier alpha value is -2.02. The smallest absolute Gasteiger partial charge is 0.274 e. The lowest BCUT2D eigenvalue weighted by molar-refractivity contribution is 0.0780. The van der Waals surface area contributed by atoms with Crippen LogP contribution >= 0.6 is 11.3 Å². The highest BCUT2D eigenvalue weighted by Gasteiger charge is 2.16. The number of hydrogen-bond donors (Lipinski definition) is 1. The summed E-state index contributed by atoms with van der Waals surface area (Å²) in [6.45, 7) is 5.18. The molecule has 0 aliphatic heterocycles. The summed E-state index contributed by atoms with van der Waals surface area (Å²) in [6.07, 6.45) is 3.09. The average Bonchev–Trinajstić information content (AvgIpc) is 2.84. The van der Waals surface area contributed by atoms with Gasteiger partial charge in [0.1, 0.15) is 11.5 Å². The molecule has 0 saturated carbocycles. The second-order valence-corrected chi connectivity index (χ2v) is 5.28. The fourth-order valence-electron chi connectivity index (χ4n) is 1.70. The molecule has 2 aromatic rings. The maximum absolute atomic E-state index is 12.3. The first-order chi connectivity index (χ1) is 9.61. The highest BCUT2D eigenvalue weighted by molar-refractivity contribution is 7.09. The highest BCUT2D eigenvalue weighted by atomic mass is 32.1. The molecule has 0 saturated heterocycles. The van der Waals surface area contributed by atoms with Crippen molar-refractivity contribution in [3.8, 4) is 0 Å². The first-order valence-electron chi connectivity index (χ1n) is 6.32. The molecule has 2 rings (SSSR count). The summed E-state index contributed by atoms with van der Waals surface area (Å²) in [5.41, 5.74) is 3.09. The lowest BCUT2D eigenvalue weighted by Gasteiger charge is -2.16. The number of carbonyl (C=O) groups is 1. The third kappa shape index (κ3) is 3.30. The molecule has 0 radical (unpaired) electrons. The van der Waals surface area contributed by atoms with Gasteiger partial charge in [-0.15, -0.1) is 11.3 Å². The molecule has 7 heteroatoms. The molecule has 0 atom stereocenters. The van der Waals surface area contributed by atoms with Crippen LogP contribution in [-0.4, -0.2) is 39.4 Å². The van der Waals surface area contributed by atoms with Gasteiger partial charge >= 0.3 is 0 Å². The summed E-state index contributed by atoms with van der Waals surface area (Å²) < 4.78 is 0. The number of amides is 1. The Morgan fingerprint density at radius 2 is 2.25 bits per heavy atom. The van der Waals surface area contributed by atoms with Crippen molar-refractivity contribution in [1.82, 2.24) is 19.9 Å². The zero-order chi connectivity index (χ0) is 14.5. The minimum absolute atomic E-state index is 0.148. The van der Waals surface area contributed by atoms with Gasteiger partial charge in [0, 0.05) is 18.5 Å². The minimum atomic E-state index is -0.148. The van der Waals surface area contributed by atoms with E-state index in [9.17, 15) is 4.79 Å². The average molecular weight is 291 g/mol. The van der Waals surface area contributed by atoms with Gasteiger partial charge in [0.2, 0.25) is 0 Å². The van der Waals surface area contributed by atoms with E-state index in [-0.39, 0.29) is 5.91 Å². The van der Waals surface area contributed by atoms with Crippen LogP contribution in [0.5, 0.6) is 0 Å². The van der Waals surface area contributed by atoms with Crippen molar-refractivity contribution in [2.45, 2.75) is 20.4 Å². The topological polar surface area (TPSA) is 71.0 Å². The van der Waals surface area contributed by atoms with Crippen LogP contribution in [0.4, 0.5) is 5.82 Å². The summed E-state index contributed by atoms with van der Waals surface area (Å²) in [5, 5.41) is 3.04. The summed E-state index contributed by atoms with van der Waals surface area (Å²) in [5.74, 6) is 0.464. The first-order valence-corrected chi connectivity index (χ1v) is 7.20. The summed E-state index contributed by atoms with van der Waals surface area (Å²) in [7, 11) is 1.75. The number of aromatic nitrogens is 3. The Kier molecular flexibility index (Phi) is 4.62. The van der Waals surface area contributed by atoms with Crippen LogP contribution in [0.25, 0.3) is 0 Å². The molecule has 0 unspecified atom stereocenters. The third-order valence-electron chi connectivity index (χ3n) is 2.78. The molecular weight excluding hydrogens is 274 g/mol. The van der Waals surface area contributed by atoms with Gasteiger partial charge in [-0.05, 0) is 13.8 Å². The van der Waals surface area contributed by atoms with Gasteiger partial charge in [-0.2, -0.15) is 0 Å². The van der Waals surface area contributed by atoms with Gasteiger partial charge < -0.3 is 10.2 Å². The number of hydrogen-bond acceptors (Lipinski definition) is 6. The van der Waals surface area contributed by atoms with Gasteiger partial charge in [0.25, 0.3) is 5.91 Å². The van der Waals surface area contributed by atoms with E-state index in [2.05, 4.69) is 20.3 Å². The summed E-state index contributed by atoms with van der Waals surface area (Å²) >= 11 is 1.55. The van der Waals surface area contributed by atoms with Crippen molar-refractivity contribution in [3.05, 3.63) is 34.2 Å². The Balaban J connectivity index is 2.10. The molecule has 0 aliphatic rings. The van der Waals surface area contributed by atoms with Crippen LogP contribution in [0.1, 0.15) is 28.0 Å². The second kappa shape index (κ2) is 6.42. The van der Waals surface area contributed by atoms with Crippen LogP contribution < -0.4 is 5.32 Å². The number of anilines is 1. The van der Waals surface area contributed by atoms with Gasteiger partial charge in [0.05, 0.1) is 30.1 Å². The predicted octanol–water partition coefficient (Wildman–Crippen LogP) is 1.95. The van der Waals surface area contributed by atoms with Gasteiger partial charge in [-0.25, -0.2) is 9.97 Å². The van der Waals surface area contributed by atoms with Crippen LogP contribution in [0, 0.1) is 6.92 Å². The maximum Gasteiger partial charge on any atom is 0.274 e. The molecule has 1 N–H and O–H groups in total. The largest absolute Gasteiger partial charge is 0.369 e. The molecule has 1 amide bonds. The summed E-state index contributed by atoms with van der Waals surface area (Å²) in [4.78, 5) is 27.5. The van der Waals surface area contributed by atoms with Gasteiger partial charge in [-0.3, -0.25) is 9.78 Å². The quantitative estimate of drug-likeness (QED) is 0.911. The molecule has 2 aromatic heterocycles. The number of aryl methyl sites for hydroxylation is 1. The van der Waals surface area contributed by atoms with Crippen LogP contribution in [-0.2, 0) is 6.54 Å². The standard InChI is InChI=1S/C13H17N5OS/c1-4-15-12-6-14-5-10(17-12)13(19)18(3)7-11-9(2)16-8-20-11/h5-6,8H,4,7H2,1-3H3,(H,15,17). The minimum Gasteiger partial charge on any atom is -0.369 e. The van der Waals surface area contributed by atoms with E-state index in [1.165, 1.54) is 6.20 Å². The van der Waals surface area contributed by atoms with Crippen molar-refractivity contribution in [2.75, 3.05) is 18.9 Å². The van der Waals surface area contributed by atoms with Crippen LogP contribution in [0.15, 0.2) is 17.9 Å². The monoisotopic (exact) mass is 291 g/mol. The Bertz CT molecular complexity index is 598. The highest BCUT2D eigenvalue weighted by Crippen LogP contribution is 2.15. The van der Waals surface area contributed by atoms with E-state index in [0.29, 0.717) is 18.1 Å². The van der Waals surface area contributed by atoms with Crippen molar-refractivity contribution < 1.29 is 4.79 Å². The zero-order valence-corrected chi connectivity index (χ0v) is 12.6. The van der Waals surface area contributed by atoms with E-state index in [4.69, 9.17) is 0 Å². The van der Waals surface area contributed by atoms with Crippen LogP contribution in [0.2, 0.25) is 0 Å². The van der Waals surface area contributed by atoms with Gasteiger partial charge in [0.15, 0.2) is 0 Å². The SMILES string of the molecule is CCNc1cncc(C(=O)N(C)Cc2scnc2C)n1. The molecule has 0 fully saturated rings. The fourth-order valence-corrected chi connectivity index (χ4v) is 2.53. The van der Waals surface area contributed by atoms with Crippen molar-refractivity contribution in [2.24, 2.45) is 0 Å². The molecule has 0 aromatic carbocycles. The number of carbonyl (C=O) groups excluding carboxylic acids is 1. The van der Waals surface area contributed by atoms with E-state index in [1.807, 2.05) is 13.8 Å². The summed E-state index contributed by atoms with van der Waals surface area (Å²) in [6, 6.07) is 0. The molecule has 2 heterocycles. The lowest BCUT2D eigenvalue weighted by atomic mass is 10.3. The lowest BCUT2D eigenvalue weighted by Crippen LogP contribution is -2.27. The molecule has 0 spiro atoms. The fraction of sp³-hybridized carbons (Fsp3) is 0.385. The van der Waals surface area contributed by atoms with Gasteiger partial charge in [-0.1, -0.05) is 0 Å². The third-order valence-corrected chi connectivity index (χ3v) is 3.70. The van der Waals surface area contributed by atoms with Crippen molar-refractivity contribution >= 4 is 23.1 Å². The number of nitrogens with one attached hydrogen (secondary N) is 1. The second-order valence-electron chi connectivity index (χ2n) is 4.34. The normalized spacial score (nSPS) is 10.3. The molecule has 0 aliphatic carbocycles. The zero-order valence-electron chi connectivity index (χ0n) is 11.8. The predicted molar refractivity (Wildman–Crippen MR) is 78.8 cm³/mol. The number of thiazole rings is 1. The van der Waals surface area contributed by atoms with E-state index >= 15 is 0 Å². The Morgan fingerprint density at radius 1 is 1.45 bits per heavy atom. The molecular formula is C13H17N5OS. The van der Waals surface area contributed by atoms with Crippen molar-refractivity contribution in [3.63, 3.8) is 0 Å². The Labute approximate surface area is 121 Å². The van der Waals surface area contributed by atoms with Crippen molar-refractivity contribution in [1.29, 1.82) is 0 Å². The van der Waals surface area contributed by atoms with E-state index < -0.39 is 0 Å². The maximum atomic E-state index is 12.3. The molecule has 20 heavy (non-hydrogen) atoms. The Morgan fingerprint density at radius 3 is 2.90 bits per heavy atom. The molecule has 6 nitrogen and oxygen atoms in total. The van der Waals surface area contributed by atoms with Crippen LogP contribution in [0.3, 0.4) is 0 Å². The van der Waals surface area contributed by atoms with E-state index in [0.717, 1.165) is 17.1 Å². The van der Waals surface area contributed by atoms with E-state index in [1.54, 1.807) is 35.0 Å². The molecule has 106 valence electrons. The molecule has 0 bridgehead atoms. The number of nitrogens with zero attached hydrogens (tertiary/aromatic N) is 4.